The lowest BCUT2D eigenvalue weighted by Crippen LogP contribution is -2.49. The van der Waals surface area contributed by atoms with Crippen LogP contribution in [-0.2, 0) is 25.5 Å². The molecule has 9 heteroatoms. The summed E-state index contributed by atoms with van der Waals surface area (Å²) in [5.41, 5.74) is 7.11. The molecule has 2 aromatic carbocycles. The largest absolute Gasteiger partial charge is 0.483 e. The van der Waals surface area contributed by atoms with Crippen molar-refractivity contribution in [1.29, 1.82) is 0 Å². The minimum absolute atomic E-state index is 0.0446. The highest BCUT2D eigenvalue weighted by atomic mass is 32.1. The van der Waals surface area contributed by atoms with Crippen LogP contribution in [0.4, 0.5) is 0 Å². The van der Waals surface area contributed by atoms with Crippen molar-refractivity contribution in [3.05, 3.63) is 65.7 Å². The Balaban J connectivity index is 1.55. The predicted molar refractivity (Wildman–Crippen MR) is 142 cm³/mol. The Morgan fingerprint density at radius 3 is 2.39 bits per heavy atom. The van der Waals surface area contributed by atoms with E-state index in [9.17, 15) is 14.4 Å². The Morgan fingerprint density at radius 2 is 1.64 bits per heavy atom. The number of amides is 2. The van der Waals surface area contributed by atoms with E-state index in [4.69, 9.17) is 21.7 Å². The van der Waals surface area contributed by atoms with E-state index in [1.165, 1.54) is 5.56 Å². The van der Waals surface area contributed by atoms with E-state index in [-0.39, 0.29) is 36.4 Å². The van der Waals surface area contributed by atoms with Gasteiger partial charge in [-0.2, -0.15) is 0 Å². The van der Waals surface area contributed by atoms with Crippen molar-refractivity contribution in [3.8, 4) is 5.75 Å². The molecule has 194 valence electrons. The second kappa shape index (κ2) is 16.3. The number of nitrogens with one attached hydrogen (secondary N) is 3. The minimum atomic E-state index is -0.444. The van der Waals surface area contributed by atoms with Gasteiger partial charge in [0, 0.05) is 12.8 Å². The van der Waals surface area contributed by atoms with Gasteiger partial charge in [-0.25, -0.2) is 0 Å². The van der Waals surface area contributed by atoms with Crippen molar-refractivity contribution in [2.24, 2.45) is 0 Å². The van der Waals surface area contributed by atoms with Crippen LogP contribution in [0.15, 0.2) is 54.6 Å². The number of benzene rings is 2. The van der Waals surface area contributed by atoms with Crippen LogP contribution in [0.25, 0.3) is 0 Å². The van der Waals surface area contributed by atoms with Crippen LogP contribution < -0.4 is 20.9 Å². The Hall–Kier alpha value is -3.46. The van der Waals surface area contributed by atoms with E-state index in [1.54, 1.807) is 0 Å². The molecule has 0 aliphatic heterocycles. The van der Waals surface area contributed by atoms with Gasteiger partial charge in [-0.15, -0.1) is 0 Å². The molecule has 2 rings (SSSR count). The molecule has 0 aromatic heterocycles. The fourth-order valence-electron chi connectivity index (χ4n) is 3.34. The van der Waals surface area contributed by atoms with Crippen LogP contribution in [0, 0.1) is 0 Å². The molecule has 0 aliphatic rings. The third kappa shape index (κ3) is 11.3. The van der Waals surface area contributed by atoms with E-state index in [0.29, 0.717) is 24.7 Å². The Kier molecular flexibility index (Phi) is 13.0. The summed E-state index contributed by atoms with van der Waals surface area (Å²) >= 11 is 5.02. The van der Waals surface area contributed by atoms with E-state index in [1.807, 2.05) is 54.6 Å². The molecule has 0 fully saturated rings. The van der Waals surface area contributed by atoms with Crippen LogP contribution in [0.3, 0.4) is 0 Å². The highest BCUT2D eigenvalue weighted by Crippen LogP contribution is 2.28. The number of carbonyl (C=O) groups is 3. The lowest BCUT2D eigenvalue weighted by molar-refractivity contribution is -0.143. The first-order valence-corrected chi connectivity index (χ1v) is 12.6. The number of para-hydroxylation sites is 1. The molecule has 0 saturated heterocycles. The van der Waals surface area contributed by atoms with E-state index < -0.39 is 5.91 Å². The zero-order valence-corrected chi connectivity index (χ0v) is 21.7. The number of hydrogen-bond acceptors (Lipinski definition) is 6. The average molecular weight is 514 g/mol. The highest BCUT2D eigenvalue weighted by molar-refractivity contribution is 7.80. The molecule has 2 amide bonds. The zero-order chi connectivity index (χ0) is 26.2. The lowest BCUT2D eigenvalue weighted by atomic mass is 9.98. The number of thiocarbonyl (C=S) groups is 1. The summed E-state index contributed by atoms with van der Waals surface area (Å²) in [6.45, 7) is 4.33. The maximum Gasteiger partial charge on any atom is 0.305 e. The number of ether oxygens (including phenoxy) is 2. The minimum Gasteiger partial charge on any atom is -0.483 e. The highest BCUT2D eigenvalue weighted by Gasteiger charge is 2.12. The van der Waals surface area contributed by atoms with Crippen LogP contribution in [0.5, 0.6) is 5.75 Å². The van der Waals surface area contributed by atoms with Gasteiger partial charge in [-0.05, 0) is 61.0 Å². The van der Waals surface area contributed by atoms with E-state index in [2.05, 4.69) is 30.0 Å². The van der Waals surface area contributed by atoms with Gasteiger partial charge in [-0.1, -0.05) is 62.4 Å². The van der Waals surface area contributed by atoms with Crippen molar-refractivity contribution in [2.75, 3.05) is 13.2 Å². The number of rotatable bonds is 13. The summed E-state index contributed by atoms with van der Waals surface area (Å²) < 4.78 is 10.8. The Bertz CT molecular complexity index is 1000. The van der Waals surface area contributed by atoms with Crippen LogP contribution in [0.2, 0.25) is 0 Å². The Morgan fingerprint density at radius 1 is 0.917 bits per heavy atom. The molecular formula is C27H35N3O5S. The summed E-state index contributed by atoms with van der Waals surface area (Å²) in [5.74, 6) is -0.170. The fraction of sp³-hybridized carbons (Fsp3) is 0.407. The first-order chi connectivity index (χ1) is 17.4. The van der Waals surface area contributed by atoms with E-state index >= 15 is 0 Å². The van der Waals surface area contributed by atoms with Gasteiger partial charge < -0.3 is 14.8 Å². The molecule has 36 heavy (non-hydrogen) atoms. The van der Waals surface area contributed by atoms with Crippen molar-refractivity contribution >= 4 is 35.1 Å². The van der Waals surface area contributed by atoms with Gasteiger partial charge >= 0.3 is 5.97 Å². The molecule has 1 atom stereocenters. The molecule has 3 N–H and O–H groups in total. The normalized spacial score (nSPS) is 11.2. The number of hydrazine groups is 1. The quantitative estimate of drug-likeness (QED) is 0.161. The molecular weight excluding hydrogens is 478 g/mol. The van der Waals surface area contributed by atoms with Crippen molar-refractivity contribution in [2.45, 2.75) is 58.3 Å². The molecule has 0 heterocycles. The zero-order valence-electron chi connectivity index (χ0n) is 20.9. The smallest absolute Gasteiger partial charge is 0.305 e. The molecule has 0 bridgehead atoms. The molecule has 0 saturated carbocycles. The van der Waals surface area contributed by atoms with Crippen molar-refractivity contribution in [3.63, 3.8) is 0 Å². The molecule has 0 aliphatic carbocycles. The van der Waals surface area contributed by atoms with Crippen molar-refractivity contribution in [1.82, 2.24) is 16.2 Å². The molecule has 1 unspecified atom stereocenters. The summed E-state index contributed by atoms with van der Waals surface area (Å²) in [6, 6.07) is 17.6. The monoisotopic (exact) mass is 513 g/mol. The van der Waals surface area contributed by atoms with Crippen LogP contribution in [-0.4, -0.2) is 36.1 Å². The van der Waals surface area contributed by atoms with Gasteiger partial charge in [0.05, 0.1) is 6.61 Å². The number of aryl methyl sites for hydroxylation is 1. The van der Waals surface area contributed by atoms with Gasteiger partial charge in [0.2, 0.25) is 5.91 Å². The molecule has 8 nitrogen and oxygen atoms in total. The maximum atomic E-state index is 12.1. The van der Waals surface area contributed by atoms with E-state index in [0.717, 1.165) is 24.8 Å². The topological polar surface area (TPSA) is 106 Å². The van der Waals surface area contributed by atoms with Crippen molar-refractivity contribution < 1.29 is 23.9 Å². The number of hydrogen-bond donors (Lipinski definition) is 3. The van der Waals surface area contributed by atoms with Gasteiger partial charge in [0.1, 0.15) is 5.75 Å². The SMILES string of the molecule is CCC(C)c1ccccc1OCC(=O)NNC(=S)NC(=O)CCCC(=O)OCCCc1ccccc1. The number of esters is 1. The second-order valence-corrected chi connectivity index (χ2v) is 8.76. The summed E-state index contributed by atoms with van der Waals surface area (Å²) in [7, 11) is 0. The van der Waals surface area contributed by atoms with Crippen LogP contribution >= 0.6 is 12.2 Å². The summed E-state index contributed by atoms with van der Waals surface area (Å²) in [4.78, 5) is 35.9. The summed E-state index contributed by atoms with van der Waals surface area (Å²) in [6.07, 6.45) is 3.13. The summed E-state index contributed by atoms with van der Waals surface area (Å²) in [5, 5.41) is 2.41. The average Bonchev–Trinajstić information content (AvgIpc) is 2.89. The molecule has 0 spiro atoms. The van der Waals surface area contributed by atoms with Gasteiger partial charge in [0.25, 0.3) is 5.91 Å². The maximum absolute atomic E-state index is 12.1. The molecule has 0 radical (unpaired) electrons. The standard InChI is InChI=1S/C27H35N3O5S/c1-3-20(2)22-14-7-8-15-23(22)35-19-25(32)29-30-27(36)28-24(31)16-9-17-26(33)34-18-10-13-21-11-5-4-6-12-21/h4-8,11-12,14-15,20H,3,9-10,13,16-19H2,1-2H3,(H,29,32)(H2,28,30,31,36). The predicted octanol–water partition coefficient (Wildman–Crippen LogP) is 3.95. The van der Waals surface area contributed by atoms with Gasteiger partial charge in [-0.3, -0.25) is 25.2 Å². The van der Waals surface area contributed by atoms with Crippen LogP contribution in [0.1, 0.15) is 63.0 Å². The lowest BCUT2D eigenvalue weighted by Gasteiger charge is -2.16. The second-order valence-electron chi connectivity index (χ2n) is 8.35. The first-order valence-electron chi connectivity index (χ1n) is 12.2. The third-order valence-electron chi connectivity index (χ3n) is 5.49. The fourth-order valence-corrected chi connectivity index (χ4v) is 3.50. The van der Waals surface area contributed by atoms with Gasteiger partial charge in [0.15, 0.2) is 11.7 Å². The first kappa shape index (κ1) is 28.8. The molecule has 2 aromatic rings. The number of carbonyl (C=O) groups excluding carboxylic acids is 3. The third-order valence-corrected chi connectivity index (χ3v) is 5.69. The Labute approximate surface area is 218 Å².